The SMILES string of the molecule is C=CCN1C(=O)SC(=Cc2ccc(-c3ccc(C(=O)OCC)cc3)o2)C1=O. The molecule has 0 aliphatic carbocycles. The molecule has 0 saturated carbocycles. The molecule has 0 atom stereocenters. The number of benzene rings is 1. The van der Waals surface area contributed by atoms with Gasteiger partial charge in [-0.2, -0.15) is 0 Å². The maximum Gasteiger partial charge on any atom is 0.338 e. The van der Waals surface area contributed by atoms with Crippen molar-refractivity contribution >= 4 is 35.0 Å². The smallest absolute Gasteiger partial charge is 0.338 e. The minimum absolute atomic E-state index is 0.179. The van der Waals surface area contributed by atoms with Crippen molar-refractivity contribution in [2.45, 2.75) is 6.92 Å². The van der Waals surface area contributed by atoms with Crippen molar-refractivity contribution in [3.05, 3.63) is 65.3 Å². The summed E-state index contributed by atoms with van der Waals surface area (Å²) in [6.07, 6.45) is 3.05. The first kappa shape index (κ1) is 18.7. The first-order valence-electron chi connectivity index (χ1n) is 8.27. The number of rotatable bonds is 6. The molecular weight excluding hydrogens is 366 g/mol. The summed E-state index contributed by atoms with van der Waals surface area (Å²) in [6, 6.07) is 10.3. The first-order valence-corrected chi connectivity index (χ1v) is 9.08. The van der Waals surface area contributed by atoms with Gasteiger partial charge in [0.2, 0.25) is 0 Å². The molecule has 0 unspecified atom stereocenters. The van der Waals surface area contributed by atoms with Gasteiger partial charge in [-0.3, -0.25) is 14.5 Å². The number of thioether (sulfide) groups is 1. The van der Waals surface area contributed by atoms with Crippen LogP contribution in [0.15, 0.2) is 58.4 Å². The number of amides is 2. The fourth-order valence-corrected chi connectivity index (χ4v) is 3.31. The average molecular weight is 383 g/mol. The van der Waals surface area contributed by atoms with Gasteiger partial charge in [-0.05, 0) is 43.0 Å². The zero-order chi connectivity index (χ0) is 19.4. The van der Waals surface area contributed by atoms with Gasteiger partial charge in [0.25, 0.3) is 11.1 Å². The van der Waals surface area contributed by atoms with E-state index in [4.69, 9.17) is 9.15 Å². The first-order chi connectivity index (χ1) is 13.0. The van der Waals surface area contributed by atoms with Crippen LogP contribution in [0.4, 0.5) is 4.79 Å². The fourth-order valence-electron chi connectivity index (χ4n) is 2.49. The number of furan rings is 1. The lowest BCUT2D eigenvalue weighted by Gasteiger charge is -2.07. The lowest BCUT2D eigenvalue weighted by atomic mass is 10.1. The average Bonchev–Trinajstić information content (AvgIpc) is 3.23. The number of esters is 1. The summed E-state index contributed by atoms with van der Waals surface area (Å²) in [5, 5.41) is -0.326. The summed E-state index contributed by atoms with van der Waals surface area (Å²) in [5.41, 5.74) is 1.24. The molecule has 3 rings (SSSR count). The van der Waals surface area contributed by atoms with Crippen LogP contribution < -0.4 is 0 Å². The molecule has 6 nitrogen and oxygen atoms in total. The summed E-state index contributed by atoms with van der Waals surface area (Å²) >= 11 is 0.871. The Morgan fingerprint density at radius 1 is 1.22 bits per heavy atom. The van der Waals surface area contributed by atoms with E-state index >= 15 is 0 Å². The Morgan fingerprint density at radius 2 is 1.96 bits per heavy atom. The summed E-state index contributed by atoms with van der Waals surface area (Å²) in [4.78, 5) is 37.2. The molecule has 0 spiro atoms. The van der Waals surface area contributed by atoms with Crippen molar-refractivity contribution in [3.63, 3.8) is 0 Å². The van der Waals surface area contributed by atoms with Crippen molar-refractivity contribution < 1.29 is 23.5 Å². The quantitative estimate of drug-likeness (QED) is 0.419. The van der Waals surface area contributed by atoms with E-state index in [1.165, 1.54) is 6.08 Å². The van der Waals surface area contributed by atoms with E-state index in [-0.39, 0.29) is 23.7 Å². The second kappa shape index (κ2) is 8.09. The summed E-state index contributed by atoms with van der Waals surface area (Å²) in [5.74, 6) is 0.312. The van der Waals surface area contributed by atoms with Crippen LogP contribution in [0.25, 0.3) is 17.4 Å². The molecule has 7 heteroatoms. The highest BCUT2D eigenvalue weighted by Gasteiger charge is 2.34. The van der Waals surface area contributed by atoms with E-state index in [2.05, 4.69) is 6.58 Å². The number of carbonyl (C=O) groups excluding carboxylic acids is 3. The van der Waals surface area contributed by atoms with Crippen molar-refractivity contribution in [2.24, 2.45) is 0 Å². The van der Waals surface area contributed by atoms with Crippen molar-refractivity contribution in [2.75, 3.05) is 13.2 Å². The van der Waals surface area contributed by atoms with E-state index in [0.29, 0.717) is 28.6 Å². The Hall–Kier alpha value is -3.06. The second-order valence-electron chi connectivity index (χ2n) is 5.58. The molecule has 1 aliphatic rings. The molecule has 27 heavy (non-hydrogen) atoms. The highest BCUT2D eigenvalue weighted by atomic mass is 32.2. The predicted octanol–water partition coefficient (Wildman–Crippen LogP) is 4.35. The number of ether oxygens (including phenoxy) is 1. The maximum absolute atomic E-state index is 12.2. The Balaban J connectivity index is 1.77. The van der Waals surface area contributed by atoms with E-state index in [1.54, 1.807) is 49.4 Å². The van der Waals surface area contributed by atoms with E-state index in [9.17, 15) is 14.4 Å². The summed E-state index contributed by atoms with van der Waals surface area (Å²) in [7, 11) is 0. The molecule has 1 aromatic heterocycles. The number of hydrogen-bond acceptors (Lipinski definition) is 6. The van der Waals surface area contributed by atoms with Gasteiger partial charge >= 0.3 is 5.97 Å². The molecule has 2 amide bonds. The normalized spacial score (nSPS) is 15.4. The van der Waals surface area contributed by atoms with Crippen LogP contribution in [0, 0.1) is 0 Å². The van der Waals surface area contributed by atoms with Crippen LogP contribution in [-0.4, -0.2) is 35.2 Å². The highest BCUT2D eigenvalue weighted by Crippen LogP contribution is 2.33. The van der Waals surface area contributed by atoms with Crippen molar-refractivity contribution in [1.29, 1.82) is 0 Å². The topological polar surface area (TPSA) is 76.8 Å². The van der Waals surface area contributed by atoms with Crippen LogP contribution in [0.2, 0.25) is 0 Å². The lowest BCUT2D eigenvalue weighted by molar-refractivity contribution is -0.122. The monoisotopic (exact) mass is 383 g/mol. The standard InChI is InChI=1S/C20H17NO5S/c1-3-11-21-18(22)17(27-20(21)24)12-15-9-10-16(26-15)13-5-7-14(8-6-13)19(23)25-4-2/h3,5-10,12H,1,4,11H2,2H3. The molecule has 0 bridgehead atoms. The van der Waals surface area contributed by atoms with Gasteiger partial charge in [0.1, 0.15) is 11.5 Å². The maximum atomic E-state index is 12.2. The minimum atomic E-state index is -0.376. The predicted molar refractivity (Wildman–Crippen MR) is 103 cm³/mol. The molecule has 2 heterocycles. The third-order valence-corrected chi connectivity index (χ3v) is 4.67. The zero-order valence-electron chi connectivity index (χ0n) is 14.6. The fraction of sp³-hybridized carbons (Fsp3) is 0.150. The largest absolute Gasteiger partial charge is 0.462 e. The summed E-state index contributed by atoms with van der Waals surface area (Å²) < 4.78 is 10.7. The molecule has 1 fully saturated rings. The number of hydrogen-bond donors (Lipinski definition) is 0. The summed E-state index contributed by atoms with van der Waals surface area (Å²) in [6.45, 7) is 5.80. The molecule has 0 N–H and O–H groups in total. The van der Waals surface area contributed by atoms with Gasteiger partial charge in [0.15, 0.2) is 0 Å². The van der Waals surface area contributed by atoms with E-state index in [1.807, 2.05) is 0 Å². The number of carbonyl (C=O) groups is 3. The van der Waals surface area contributed by atoms with Gasteiger partial charge in [-0.25, -0.2) is 4.79 Å². The minimum Gasteiger partial charge on any atom is -0.462 e. The van der Waals surface area contributed by atoms with Gasteiger partial charge in [-0.1, -0.05) is 18.2 Å². The third-order valence-electron chi connectivity index (χ3n) is 3.77. The van der Waals surface area contributed by atoms with E-state index in [0.717, 1.165) is 22.2 Å². The van der Waals surface area contributed by atoms with Crippen LogP contribution in [0.3, 0.4) is 0 Å². The Kier molecular flexibility index (Phi) is 5.61. The molecule has 0 radical (unpaired) electrons. The van der Waals surface area contributed by atoms with E-state index < -0.39 is 0 Å². The highest BCUT2D eigenvalue weighted by molar-refractivity contribution is 8.18. The molecule has 1 aliphatic heterocycles. The van der Waals surface area contributed by atoms with Gasteiger partial charge in [0, 0.05) is 18.2 Å². The van der Waals surface area contributed by atoms with Gasteiger partial charge in [0.05, 0.1) is 17.1 Å². The second-order valence-corrected chi connectivity index (χ2v) is 6.57. The Bertz CT molecular complexity index is 926. The molecular formula is C20H17NO5S. The molecule has 1 saturated heterocycles. The Morgan fingerprint density at radius 3 is 2.63 bits per heavy atom. The van der Waals surface area contributed by atoms with Gasteiger partial charge in [-0.15, -0.1) is 6.58 Å². The number of imide groups is 1. The molecule has 138 valence electrons. The number of nitrogens with zero attached hydrogens (tertiary/aromatic N) is 1. The van der Waals surface area contributed by atoms with Crippen molar-refractivity contribution in [1.82, 2.24) is 4.90 Å². The zero-order valence-corrected chi connectivity index (χ0v) is 15.5. The molecule has 2 aromatic rings. The van der Waals surface area contributed by atoms with Crippen molar-refractivity contribution in [3.8, 4) is 11.3 Å². The molecule has 1 aromatic carbocycles. The van der Waals surface area contributed by atoms with Crippen LogP contribution in [0.1, 0.15) is 23.0 Å². The van der Waals surface area contributed by atoms with Gasteiger partial charge < -0.3 is 9.15 Å². The Labute approximate surface area is 160 Å². The lowest BCUT2D eigenvalue weighted by Crippen LogP contribution is -2.27. The van der Waals surface area contributed by atoms with Crippen LogP contribution in [-0.2, 0) is 9.53 Å². The third kappa shape index (κ3) is 4.03. The van der Waals surface area contributed by atoms with Crippen LogP contribution in [0.5, 0.6) is 0 Å². The van der Waals surface area contributed by atoms with Crippen LogP contribution >= 0.6 is 11.8 Å².